The summed E-state index contributed by atoms with van der Waals surface area (Å²) in [4.78, 5) is 31.4. The summed E-state index contributed by atoms with van der Waals surface area (Å²) in [6.07, 6.45) is 0.255. The molecule has 0 atom stereocenters. The fraction of sp³-hybridized carbons (Fsp3) is 0.769. The Kier molecular flexibility index (Phi) is 11.3. The van der Waals surface area contributed by atoms with E-state index < -0.39 is 5.97 Å². The van der Waals surface area contributed by atoms with Crippen molar-refractivity contribution in [1.82, 2.24) is 0 Å². The van der Waals surface area contributed by atoms with Crippen LogP contribution < -0.4 is 0 Å². The van der Waals surface area contributed by atoms with E-state index in [1.165, 1.54) is 6.92 Å². The topological polar surface area (TPSA) is 69.7 Å². The number of carbonyl (C=O) groups excluding carboxylic acids is 3. The van der Waals surface area contributed by atoms with Crippen LogP contribution in [0.15, 0.2) is 0 Å². The number of hydrogen-bond donors (Lipinski definition) is 0. The van der Waals surface area contributed by atoms with Gasteiger partial charge in [0.25, 0.3) is 0 Å². The van der Waals surface area contributed by atoms with Crippen molar-refractivity contribution in [1.29, 1.82) is 0 Å². The molecule has 0 saturated carbocycles. The lowest BCUT2D eigenvalue weighted by atomic mass is 10.3. The van der Waals surface area contributed by atoms with Gasteiger partial charge in [-0.1, -0.05) is 6.92 Å². The first-order chi connectivity index (χ1) is 8.18. The zero-order valence-electron chi connectivity index (χ0n) is 12.1. The summed E-state index contributed by atoms with van der Waals surface area (Å²) in [5.74, 6) is -0.729. The predicted molar refractivity (Wildman–Crippen MR) is 68.0 cm³/mol. The minimum Gasteiger partial charge on any atom is -0.463 e. The van der Waals surface area contributed by atoms with E-state index in [1.54, 1.807) is 20.8 Å². The van der Waals surface area contributed by atoms with Crippen molar-refractivity contribution in [3.8, 4) is 0 Å². The summed E-state index contributed by atoms with van der Waals surface area (Å²) in [6, 6.07) is 0. The highest BCUT2D eigenvalue weighted by Gasteiger charge is 2.07. The van der Waals surface area contributed by atoms with Crippen molar-refractivity contribution in [3.05, 3.63) is 0 Å². The van der Waals surface area contributed by atoms with Crippen molar-refractivity contribution in [2.45, 2.75) is 66.6 Å². The minimum absolute atomic E-state index is 0.0300. The average molecular weight is 260 g/mol. The maximum absolute atomic E-state index is 10.6. The first-order valence-corrected chi connectivity index (χ1v) is 6.07. The standard InChI is InChI=1S/C7H12O3.C6H12O2/c1-5(2)10-7(9)4-6(3)8;1-4-6(7)8-5(2)3/h5H,4H2,1-3H3;5H,4H2,1-3H3. The lowest BCUT2D eigenvalue weighted by Gasteiger charge is -2.05. The highest BCUT2D eigenvalue weighted by Crippen LogP contribution is 1.93. The molecule has 0 aliphatic carbocycles. The number of Topliss-reactive ketones (excluding diaryl/α,β-unsaturated/α-hetero) is 1. The van der Waals surface area contributed by atoms with Crippen LogP contribution in [0.25, 0.3) is 0 Å². The summed E-state index contributed by atoms with van der Waals surface area (Å²) in [5, 5.41) is 0. The number of carbonyl (C=O) groups is 3. The molecule has 0 aromatic rings. The summed E-state index contributed by atoms with van der Waals surface area (Å²) in [5.41, 5.74) is 0. The van der Waals surface area contributed by atoms with Crippen molar-refractivity contribution < 1.29 is 23.9 Å². The van der Waals surface area contributed by atoms with Gasteiger partial charge < -0.3 is 9.47 Å². The number of esters is 2. The number of ether oxygens (including phenoxy) is 2. The van der Waals surface area contributed by atoms with Crippen LogP contribution in [0, 0.1) is 0 Å². The predicted octanol–water partition coefficient (Wildman–Crippen LogP) is 2.27. The number of rotatable bonds is 5. The van der Waals surface area contributed by atoms with Crippen LogP contribution in [0.2, 0.25) is 0 Å². The molecule has 0 rings (SSSR count). The fourth-order valence-electron chi connectivity index (χ4n) is 0.854. The molecule has 0 spiro atoms. The van der Waals surface area contributed by atoms with E-state index in [0.29, 0.717) is 6.42 Å². The van der Waals surface area contributed by atoms with Gasteiger partial charge in [0.2, 0.25) is 0 Å². The summed E-state index contributed by atoms with van der Waals surface area (Å²) in [7, 11) is 0. The van der Waals surface area contributed by atoms with Gasteiger partial charge in [0.05, 0.1) is 12.2 Å². The monoisotopic (exact) mass is 260 g/mol. The van der Waals surface area contributed by atoms with Gasteiger partial charge in [-0.3, -0.25) is 14.4 Å². The number of hydrogen-bond acceptors (Lipinski definition) is 5. The van der Waals surface area contributed by atoms with Gasteiger partial charge in [-0.05, 0) is 34.6 Å². The summed E-state index contributed by atoms with van der Waals surface area (Å²) < 4.78 is 9.46. The van der Waals surface area contributed by atoms with E-state index in [1.807, 2.05) is 13.8 Å². The molecule has 0 heterocycles. The highest BCUT2D eigenvalue weighted by atomic mass is 16.5. The Hall–Kier alpha value is -1.39. The third kappa shape index (κ3) is 17.0. The Bertz CT molecular complexity index is 269. The normalized spacial score (nSPS) is 9.56. The molecule has 0 amide bonds. The molecule has 5 heteroatoms. The van der Waals surface area contributed by atoms with Gasteiger partial charge in [-0.25, -0.2) is 0 Å². The zero-order valence-corrected chi connectivity index (χ0v) is 12.1. The second-order valence-electron chi connectivity index (χ2n) is 4.31. The Morgan fingerprint density at radius 3 is 1.50 bits per heavy atom. The molecule has 0 bridgehead atoms. The molecule has 0 saturated heterocycles. The van der Waals surface area contributed by atoms with E-state index in [2.05, 4.69) is 0 Å². The lowest BCUT2D eigenvalue weighted by molar-refractivity contribution is -0.149. The SMILES string of the molecule is CC(=O)CC(=O)OC(C)C.CCC(=O)OC(C)C. The zero-order chi connectivity index (χ0) is 14.7. The molecule has 5 nitrogen and oxygen atoms in total. The van der Waals surface area contributed by atoms with Gasteiger partial charge >= 0.3 is 11.9 Å². The molecule has 0 aromatic heterocycles. The second-order valence-corrected chi connectivity index (χ2v) is 4.31. The number of ketones is 1. The van der Waals surface area contributed by atoms with Crippen LogP contribution in [0.5, 0.6) is 0 Å². The minimum atomic E-state index is -0.442. The van der Waals surface area contributed by atoms with Crippen LogP contribution >= 0.6 is 0 Å². The second kappa shape index (κ2) is 10.7. The van der Waals surface area contributed by atoms with Crippen LogP contribution in [-0.4, -0.2) is 29.9 Å². The highest BCUT2D eigenvalue weighted by molar-refractivity contribution is 5.94. The van der Waals surface area contributed by atoms with Crippen LogP contribution in [0.1, 0.15) is 54.4 Å². The van der Waals surface area contributed by atoms with E-state index >= 15 is 0 Å². The van der Waals surface area contributed by atoms with Gasteiger partial charge in [-0.2, -0.15) is 0 Å². The van der Waals surface area contributed by atoms with Crippen LogP contribution in [0.3, 0.4) is 0 Å². The van der Waals surface area contributed by atoms with E-state index in [4.69, 9.17) is 9.47 Å². The van der Waals surface area contributed by atoms with Gasteiger partial charge in [0.15, 0.2) is 0 Å². The summed E-state index contributed by atoms with van der Waals surface area (Å²) in [6.45, 7) is 10.3. The molecule has 0 aliphatic heterocycles. The fourth-order valence-corrected chi connectivity index (χ4v) is 0.854. The molecular formula is C13H24O5. The Balaban J connectivity index is 0. The molecule has 106 valence electrons. The third-order valence-electron chi connectivity index (χ3n) is 1.42. The smallest absolute Gasteiger partial charge is 0.313 e. The quantitative estimate of drug-likeness (QED) is 0.560. The van der Waals surface area contributed by atoms with E-state index in [-0.39, 0.29) is 30.4 Å². The van der Waals surface area contributed by atoms with Crippen LogP contribution in [0.4, 0.5) is 0 Å². The third-order valence-corrected chi connectivity index (χ3v) is 1.42. The molecule has 0 unspecified atom stereocenters. The Morgan fingerprint density at radius 2 is 1.28 bits per heavy atom. The van der Waals surface area contributed by atoms with E-state index in [9.17, 15) is 14.4 Å². The van der Waals surface area contributed by atoms with Gasteiger partial charge in [0.1, 0.15) is 12.2 Å². The van der Waals surface area contributed by atoms with Crippen LogP contribution in [-0.2, 0) is 23.9 Å². The average Bonchev–Trinajstić information content (AvgIpc) is 2.14. The Labute approximate surface area is 109 Å². The maximum atomic E-state index is 10.6. The maximum Gasteiger partial charge on any atom is 0.313 e. The van der Waals surface area contributed by atoms with Crippen molar-refractivity contribution in [2.24, 2.45) is 0 Å². The van der Waals surface area contributed by atoms with E-state index in [0.717, 1.165) is 0 Å². The molecule has 0 aliphatic rings. The Morgan fingerprint density at radius 1 is 0.889 bits per heavy atom. The molecule has 18 heavy (non-hydrogen) atoms. The van der Waals surface area contributed by atoms with Gasteiger partial charge in [0, 0.05) is 6.42 Å². The summed E-state index contributed by atoms with van der Waals surface area (Å²) >= 11 is 0. The largest absolute Gasteiger partial charge is 0.463 e. The lowest BCUT2D eigenvalue weighted by Crippen LogP contribution is -2.13. The first-order valence-electron chi connectivity index (χ1n) is 6.07. The molecule has 0 radical (unpaired) electrons. The first kappa shape index (κ1) is 19.0. The van der Waals surface area contributed by atoms with Gasteiger partial charge in [-0.15, -0.1) is 0 Å². The van der Waals surface area contributed by atoms with Crippen molar-refractivity contribution >= 4 is 17.7 Å². The molecule has 0 fully saturated rings. The van der Waals surface area contributed by atoms with Crippen molar-refractivity contribution in [3.63, 3.8) is 0 Å². The van der Waals surface area contributed by atoms with Crippen molar-refractivity contribution in [2.75, 3.05) is 0 Å². The molecule has 0 N–H and O–H groups in total. The molecular weight excluding hydrogens is 236 g/mol. The molecule has 0 aromatic carbocycles.